The van der Waals surface area contributed by atoms with Crippen LogP contribution in [0.5, 0.6) is 5.75 Å². The van der Waals surface area contributed by atoms with E-state index in [1.54, 1.807) is 37.8 Å². The van der Waals surface area contributed by atoms with E-state index in [2.05, 4.69) is 20.7 Å². The molecule has 0 aliphatic rings. The highest BCUT2D eigenvalue weighted by atomic mass is 32.1. The Morgan fingerprint density at radius 3 is 2.86 bits per heavy atom. The summed E-state index contributed by atoms with van der Waals surface area (Å²) in [6.45, 7) is 2.72. The lowest BCUT2D eigenvalue weighted by atomic mass is 10.2. The van der Waals surface area contributed by atoms with Crippen molar-refractivity contribution in [3.63, 3.8) is 0 Å². The second-order valence-electron chi connectivity index (χ2n) is 6.56. The van der Waals surface area contributed by atoms with Gasteiger partial charge in [0.2, 0.25) is 5.91 Å². The molecule has 0 fully saturated rings. The molecule has 0 radical (unpaired) electrons. The minimum absolute atomic E-state index is 0.107. The van der Waals surface area contributed by atoms with Gasteiger partial charge < -0.3 is 14.8 Å². The fraction of sp³-hybridized carbons (Fsp3) is 0.318. The number of benzene rings is 1. The first-order valence-corrected chi connectivity index (χ1v) is 10.4. The fourth-order valence-electron chi connectivity index (χ4n) is 2.74. The van der Waals surface area contributed by atoms with E-state index in [0.29, 0.717) is 13.2 Å². The monoisotopic (exact) mass is 411 g/mol. The zero-order chi connectivity index (χ0) is 20.5. The lowest BCUT2D eigenvalue weighted by Crippen LogP contribution is -2.35. The molecule has 0 aliphatic carbocycles. The third kappa shape index (κ3) is 6.37. The number of pyridine rings is 1. The van der Waals surface area contributed by atoms with Gasteiger partial charge in [0.25, 0.3) is 0 Å². The standard InChI is InChI=1S/C22H25N3O3S/c1-16(28-14-17-5-3-6-19(13-17)27-2)22(26)24-10-4-7-21-25-20(15-29-21)18-8-11-23-12-9-18/h3,5-6,8-9,11-13,15-16H,4,7,10,14H2,1-2H3,(H,24,26). The number of nitrogens with zero attached hydrogens (tertiary/aromatic N) is 2. The van der Waals surface area contributed by atoms with Crippen LogP contribution in [0.25, 0.3) is 11.3 Å². The largest absolute Gasteiger partial charge is 0.497 e. The molecular weight excluding hydrogens is 386 g/mol. The minimum Gasteiger partial charge on any atom is -0.497 e. The molecular formula is C22H25N3O3S. The molecule has 0 saturated carbocycles. The summed E-state index contributed by atoms with van der Waals surface area (Å²) >= 11 is 1.64. The predicted octanol–water partition coefficient (Wildman–Crippen LogP) is 3.87. The SMILES string of the molecule is COc1cccc(COC(C)C(=O)NCCCc2nc(-c3ccncc3)cs2)c1. The molecule has 1 aromatic carbocycles. The van der Waals surface area contributed by atoms with Crippen LogP contribution in [0.1, 0.15) is 23.9 Å². The Labute approximate surface area is 174 Å². The van der Waals surface area contributed by atoms with Gasteiger partial charge in [-0.25, -0.2) is 4.98 Å². The van der Waals surface area contributed by atoms with Gasteiger partial charge in [-0.05, 0) is 43.2 Å². The number of aryl methyl sites for hydroxylation is 1. The number of methoxy groups -OCH3 is 1. The Balaban J connectivity index is 1.36. The highest BCUT2D eigenvalue weighted by molar-refractivity contribution is 7.09. The van der Waals surface area contributed by atoms with Crippen molar-refractivity contribution in [3.8, 4) is 17.0 Å². The van der Waals surface area contributed by atoms with E-state index in [-0.39, 0.29) is 5.91 Å². The smallest absolute Gasteiger partial charge is 0.248 e. The first-order chi connectivity index (χ1) is 14.2. The van der Waals surface area contributed by atoms with E-state index in [9.17, 15) is 4.79 Å². The summed E-state index contributed by atoms with van der Waals surface area (Å²) in [7, 11) is 1.63. The van der Waals surface area contributed by atoms with Gasteiger partial charge in [0.1, 0.15) is 11.9 Å². The Kier molecular flexibility index (Phi) is 7.72. The van der Waals surface area contributed by atoms with E-state index < -0.39 is 6.10 Å². The number of aromatic nitrogens is 2. The maximum atomic E-state index is 12.2. The molecule has 0 bridgehead atoms. The molecule has 7 heteroatoms. The molecule has 0 saturated heterocycles. The van der Waals surface area contributed by atoms with Crippen LogP contribution in [-0.4, -0.2) is 35.6 Å². The van der Waals surface area contributed by atoms with Crippen molar-refractivity contribution in [2.75, 3.05) is 13.7 Å². The minimum atomic E-state index is -0.514. The molecule has 1 unspecified atom stereocenters. The Bertz CT molecular complexity index is 914. The molecule has 2 heterocycles. The highest BCUT2D eigenvalue weighted by Gasteiger charge is 2.13. The first kappa shape index (κ1) is 21.0. The van der Waals surface area contributed by atoms with E-state index >= 15 is 0 Å². The molecule has 2 aromatic heterocycles. The second-order valence-corrected chi connectivity index (χ2v) is 7.50. The van der Waals surface area contributed by atoms with Crippen LogP contribution in [0, 0.1) is 0 Å². The lowest BCUT2D eigenvalue weighted by Gasteiger charge is -2.13. The van der Waals surface area contributed by atoms with Gasteiger partial charge in [-0.2, -0.15) is 0 Å². The third-order valence-corrected chi connectivity index (χ3v) is 5.31. The molecule has 1 N–H and O–H groups in total. The first-order valence-electron chi connectivity index (χ1n) is 9.53. The number of ether oxygens (including phenoxy) is 2. The highest BCUT2D eigenvalue weighted by Crippen LogP contribution is 2.21. The zero-order valence-corrected chi connectivity index (χ0v) is 17.4. The summed E-state index contributed by atoms with van der Waals surface area (Å²) in [5.41, 5.74) is 3.01. The summed E-state index contributed by atoms with van der Waals surface area (Å²) in [6.07, 6.45) is 4.68. The number of carbonyl (C=O) groups excluding carboxylic acids is 1. The summed E-state index contributed by atoms with van der Waals surface area (Å²) in [6, 6.07) is 11.5. The van der Waals surface area contributed by atoms with Crippen molar-refractivity contribution < 1.29 is 14.3 Å². The van der Waals surface area contributed by atoms with Gasteiger partial charge in [-0.1, -0.05) is 12.1 Å². The third-order valence-electron chi connectivity index (χ3n) is 4.40. The van der Waals surface area contributed by atoms with Crippen LogP contribution in [0.15, 0.2) is 54.2 Å². The lowest BCUT2D eigenvalue weighted by molar-refractivity contribution is -0.132. The Hall–Kier alpha value is -2.77. The van der Waals surface area contributed by atoms with E-state index in [1.165, 1.54) is 0 Å². The van der Waals surface area contributed by atoms with Gasteiger partial charge >= 0.3 is 0 Å². The van der Waals surface area contributed by atoms with Gasteiger partial charge in [-0.15, -0.1) is 11.3 Å². The van der Waals surface area contributed by atoms with Crippen molar-refractivity contribution in [2.24, 2.45) is 0 Å². The maximum Gasteiger partial charge on any atom is 0.248 e. The van der Waals surface area contributed by atoms with Gasteiger partial charge in [0.15, 0.2) is 0 Å². The summed E-state index contributed by atoms with van der Waals surface area (Å²) in [5.74, 6) is 0.669. The van der Waals surface area contributed by atoms with E-state index in [0.717, 1.165) is 40.4 Å². The summed E-state index contributed by atoms with van der Waals surface area (Å²) < 4.78 is 10.9. The van der Waals surface area contributed by atoms with E-state index in [1.807, 2.05) is 36.4 Å². The Morgan fingerprint density at radius 2 is 2.07 bits per heavy atom. The molecule has 152 valence electrons. The molecule has 1 amide bonds. The van der Waals surface area contributed by atoms with E-state index in [4.69, 9.17) is 9.47 Å². The molecule has 3 aromatic rings. The number of carbonyl (C=O) groups is 1. The average Bonchev–Trinajstić information content (AvgIpc) is 3.24. The fourth-order valence-corrected chi connectivity index (χ4v) is 3.58. The average molecular weight is 412 g/mol. The van der Waals surface area contributed by atoms with Crippen LogP contribution < -0.4 is 10.1 Å². The number of rotatable bonds is 10. The van der Waals surface area contributed by atoms with Crippen LogP contribution in [-0.2, 0) is 22.6 Å². The molecule has 29 heavy (non-hydrogen) atoms. The van der Waals surface area contributed by atoms with Crippen molar-refractivity contribution in [1.29, 1.82) is 0 Å². The maximum absolute atomic E-state index is 12.2. The Morgan fingerprint density at radius 1 is 1.24 bits per heavy atom. The van der Waals surface area contributed by atoms with Gasteiger partial charge in [0, 0.05) is 36.3 Å². The summed E-state index contributed by atoms with van der Waals surface area (Å²) in [5, 5.41) is 6.05. The molecule has 6 nitrogen and oxygen atoms in total. The zero-order valence-electron chi connectivity index (χ0n) is 16.6. The molecule has 0 aliphatic heterocycles. The number of hydrogen-bond donors (Lipinski definition) is 1. The van der Waals surface area contributed by atoms with Crippen LogP contribution >= 0.6 is 11.3 Å². The van der Waals surface area contributed by atoms with Crippen LogP contribution in [0.2, 0.25) is 0 Å². The molecule has 3 rings (SSSR count). The number of nitrogens with one attached hydrogen (secondary N) is 1. The predicted molar refractivity (Wildman–Crippen MR) is 114 cm³/mol. The quantitative estimate of drug-likeness (QED) is 0.513. The topological polar surface area (TPSA) is 73.3 Å². The molecule has 1 atom stereocenters. The van der Waals surface area contributed by atoms with Crippen molar-refractivity contribution in [2.45, 2.75) is 32.5 Å². The van der Waals surface area contributed by atoms with Crippen LogP contribution in [0.4, 0.5) is 0 Å². The normalized spacial score (nSPS) is 11.8. The number of amides is 1. The van der Waals surface area contributed by atoms with Crippen molar-refractivity contribution in [1.82, 2.24) is 15.3 Å². The van der Waals surface area contributed by atoms with Crippen molar-refractivity contribution in [3.05, 3.63) is 64.7 Å². The second kappa shape index (κ2) is 10.7. The number of hydrogen-bond acceptors (Lipinski definition) is 6. The number of thiazole rings is 1. The van der Waals surface area contributed by atoms with Gasteiger partial charge in [-0.3, -0.25) is 9.78 Å². The summed E-state index contributed by atoms with van der Waals surface area (Å²) in [4.78, 5) is 20.9. The van der Waals surface area contributed by atoms with Gasteiger partial charge in [0.05, 0.1) is 24.4 Å². The van der Waals surface area contributed by atoms with Crippen molar-refractivity contribution >= 4 is 17.2 Å². The molecule has 0 spiro atoms. The van der Waals surface area contributed by atoms with Crippen LogP contribution in [0.3, 0.4) is 0 Å².